The maximum absolute atomic E-state index is 12.1. The maximum atomic E-state index is 12.1. The number of likely N-dealkylation sites (tertiary alicyclic amines) is 1. The Morgan fingerprint density at radius 2 is 1.65 bits per heavy atom. The third kappa shape index (κ3) is 2.75. The lowest BCUT2D eigenvalue weighted by Gasteiger charge is -2.35. The average Bonchev–Trinajstić information content (AvgIpc) is 2.28. The summed E-state index contributed by atoms with van der Waals surface area (Å²) < 4.78 is 0. The molecule has 4 amide bonds. The van der Waals surface area contributed by atoms with E-state index in [1.807, 2.05) is 0 Å². The van der Waals surface area contributed by atoms with E-state index in [4.69, 9.17) is 0 Å². The van der Waals surface area contributed by atoms with Crippen LogP contribution in [0.1, 0.15) is 19.8 Å². The van der Waals surface area contributed by atoms with Gasteiger partial charge in [0, 0.05) is 13.1 Å². The van der Waals surface area contributed by atoms with E-state index in [-0.39, 0.29) is 19.1 Å². The van der Waals surface area contributed by atoms with Crippen molar-refractivity contribution in [2.24, 2.45) is 5.92 Å². The highest BCUT2D eigenvalue weighted by molar-refractivity contribution is 6.02. The second-order valence-corrected chi connectivity index (χ2v) is 4.78. The summed E-state index contributed by atoms with van der Waals surface area (Å²) in [5.74, 6) is -0.162. The molecule has 1 N–H and O–H groups in total. The van der Waals surface area contributed by atoms with Crippen molar-refractivity contribution in [3.8, 4) is 0 Å². The zero-order valence-electron chi connectivity index (χ0n) is 9.94. The average molecular weight is 239 g/mol. The number of hydrogen-bond donors (Lipinski definition) is 1. The van der Waals surface area contributed by atoms with Crippen LogP contribution in [-0.4, -0.2) is 53.8 Å². The summed E-state index contributed by atoms with van der Waals surface area (Å²) >= 11 is 0. The van der Waals surface area contributed by atoms with E-state index in [0.29, 0.717) is 19.0 Å². The first-order valence-corrected chi connectivity index (χ1v) is 5.93. The minimum absolute atomic E-state index is 0.0172. The normalized spacial score (nSPS) is 22.6. The molecule has 2 fully saturated rings. The van der Waals surface area contributed by atoms with E-state index in [2.05, 4.69) is 12.2 Å². The molecule has 2 heterocycles. The third-order valence-electron chi connectivity index (χ3n) is 3.27. The van der Waals surface area contributed by atoms with Crippen LogP contribution in [0.3, 0.4) is 0 Å². The smallest absolute Gasteiger partial charge is 0.320 e. The molecule has 0 aromatic heterocycles. The summed E-state index contributed by atoms with van der Waals surface area (Å²) in [4.78, 5) is 37.5. The number of rotatable bonds is 0. The number of nitrogens with one attached hydrogen (secondary N) is 1. The SMILES string of the molecule is CC1CCN(C(=O)N2CC(=O)NC(=O)C2)CC1. The van der Waals surface area contributed by atoms with Gasteiger partial charge in [0.05, 0.1) is 0 Å². The molecule has 0 unspecified atom stereocenters. The monoisotopic (exact) mass is 239 g/mol. The van der Waals surface area contributed by atoms with Gasteiger partial charge >= 0.3 is 6.03 Å². The molecule has 2 aliphatic heterocycles. The Balaban J connectivity index is 1.95. The molecule has 0 atom stereocenters. The fourth-order valence-corrected chi connectivity index (χ4v) is 2.17. The zero-order valence-corrected chi connectivity index (χ0v) is 9.94. The molecule has 0 saturated carbocycles. The molecule has 6 heteroatoms. The molecule has 2 saturated heterocycles. The molecule has 2 rings (SSSR count). The van der Waals surface area contributed by atoms with E-state index in [1.54, 1.807) is 4.90 Å². The first kappa shape index (κ1) is 11.9. The number of urea groups is 1. The number of amides is 4. The lowest BCUT2D eigenvalue weighted by molar-refractivity contribution is -0.135. The molecular weight excluding hydrogens is 222 g/mol. The van der Waals surface area contributed by atoms with Crippen molar-refractivity contribution in [2.45, 2.75) is 19.8 Å². The van der Waals surface area contributed by atoms with Gasteiger partial charge in [0.15, 0.2) is 0 Å². The van der Waals surface area contributed by atoms with Crippen LogP contribution in [0.5, 0.6) is 0 Å². The Morgan fingerprint density at radius 1 is 1.12 bits per heavy atom. The van der Waals surface area contributed by atoms with Crippen LogP contribution in [0.4, 0.5) is 4.79 Å². The Labute approximate surface area is 99.9 Å². The van der Waals surface area contributed by atoms with Crippen LogP contribution in [-0.2, 0) is 9.59 Å². The molecule has 0 aromatic rings. The fourth-order valence-electron chi connectivity index (χ4n) is 2.17. The minimum Gasteiger partial charge on any atom is -0.325 e. The predicted molar refractivity (Wildman–Crippen MR) is 60.1 cm³/mol. The van der Waals surface area contributed by atoms with Gasteiger partial charge in [0.2, 0.25) is 11.8 Å². The van der Waals surface area contributed by atoms with Gasteiger partial charge in [-0.15, -0.1) is 0 Å². The van der Waals surface area contributed by atoms with E-state index in [1.165, 1.54) is 4.90 Å². The Morgan fingerprint density at radius 3 is 2.18 bits per heavy atom. The van der Waals surface area contributed by atoms with Crippen molar-refractivity contribution in [1.29, 1.82) is 0 Å². The number of nitrogens with zero attached hydrogens (tertiary/aromatic N) is 2. The molecule has 0 aliphatic carbocycles. The van der Waals surface area contributed by atoms with Gasteiger partial charge in [-0.05, 0) is 18.8 Å². The van der Waals surface area contributed by atoms with Crippen LogP contribution >= 0.6 is 0 Å². The lowest BCUT2D eigenvalue weighted by atomic mass is 9.99. The highest BCUT2D eigenvalue weighted by Crippen LogP contribution is 2.17. The second kappa shape index (κ2) is 4.73. The molecule has 2 aliphatic rings. The molecule has 0 spiro atoms. The summed E-state index contributed by atoms with van der Waals surface area (Å²) in [5.41, 5.74) is 0. The van der Waals surface area contributed by atoms with Gasteiger partial charge in [-0.1, -0.05) is 6.92 Å². The predicted octanol–water partition coefficient (Wildman–Crippen LogP) is -0.203. The summed E-state index contributed by atoms with van der Waals surface area (Å²) in [6, 6.07) is -0.194. The van der Waals surface area contributed by atoms with Crippen LogP contribution in [0, 0.1) is 5.92 Å². The summed E-state index contributed by atoms with van der Waals surface area (Å²) in [7, 11) is 0. The van der Waals surface area contributed by atoms with Crippen molar-refractivity contribution in [3.05, 3.63) is 0 Å². The van der Waals surface area contributed by atoms with E-state index in [0.717, 1.165) is 12.8 Å². The summed E-state index contributed by atoms with van der Waals surface area (Å²) in [6.45, 7) is 3.56. The number of imide groups is 1. The fraction of sp³-hybridized carbons (Fsp3) is 0.727. The zero-order chi connectivity index (χ0) is 12.4. The Kier molecular flexibility index (Phi) is 3.31. The van der Waals surface area contributed by atoms with E-state index >= 15 is 0 Å². The van der Waals surface area contributed by atoms with Crippen LogP contribution in [0.15, 0.2) is 0 Å². The molecule has 0 radical (unpaired) electrons. The maximum Gasteiger partial charge on any atom is 0.320 e. The van der Waals surface area contributed by atoms with Gasteiger partial charge in [0.1, 0.15) is 13.1 Å². The van der Waals surface area contributed by atoms with Gasteiger partial charge in [-0.2, -0.15) is 0 Å². The van der Waals surface area contributed by atoms with Crippen LogP contribution in [0.2, 0.25) is 0 Å². The van der Waals surface area contributed by atoms with Crippen LogP contribution < -0.4 is 5.32 Å². The number of hydrogen-bond acceptors (Lipinski definition) is 3. The van der Waals surface area contributed by atoms with Gasteiger partial charge < -0.3 is 9.80 Å². The second-order valence-electron chi connectivity index (χ2n) is 4.78. The molecule has 17 heavy (non-hydrogen) atoms. The Bertz CT molecular complexity index is 332. The first-order valence-electron chi connectivity index (χ1n) is 5.93. The van der Waals surface area contributed by atoms with Crippen molar-refractivity contribution < 1.29 is 14.4 Å². The first-order chi connectivity index (χ1) is 8.06. The van der Waals surface area contributed by atoms with Gasteiger partial charge in [-0.25, -0.2) is 4.79 Å². The van der Waals surface area contributed by atoms with Crippen molar-refractivity contribution >= 4 is 17.8 Å². The number of carbonyl (C=O) groups is 3. The third-order valence-corrected chi connectivity index (χ3v) is 3.27. The molecular formula is C11H17N3O3. The minimum atomic E-state index is -0.403. The van der Waals surface area contributed by atoms with Crippen LogP contribution in [0.25, 0.3) is 0 Å². The molecule has 0 aromatic carbocycles. The van der Waals surface area contributed by atoms with E-state index in [9.17, 15) is 14.4 Å². The highest BCUT2D eigenvalue weighted by Gasteiger charge is 2.30. The molecule has 0 bridgehead atoms. The lowest BCUT2D eigenvalue weighted by Crippen LogP contribution is -2.57. The summed E-state index contributed by atoms with van der Waals surface area (Å²) in [5, 5.41) is 2.18. The van der Waals surface area contributed by atoms with Crippen molar-refractivity contribution in [1.82, 2.24) is 15.1 Å². The molecule has 6 nitrogen and oxygen atoms in total. The number of carbonyl (C=O) groups excluding carboxylic acids is 3. The van der Waals surface area contributed by atoms with Gasteiger partial charge in [0.25, 0.3) is 0 Å². The largest absolute Gasteiger partial charge is 0.325 e. The molecule has 94 valence electrons. The number of piperidine rings is 1. The van der Waals surface area contributed by atoms with Gasteiger partial charge in [-0.3, -0.25) is 14.9 Å². The topological polar surface area (TPSA) is 69.7 Å². The van der Waals surface area contributed by atoms with Crippen molar-refractivity contribution in [3.63, 3.8) is 0 Å². The van der Waals surface area contributed by atoms with E-state index < -0.39 is 11.8 Å². The summed E-state index contributed by atoms with van der Waals surface area (Å²) in [6.07, 6.45) is 1.97. The quantitative estimate of drug-likeness (QED) is 0.595. The Hall–Kier alpha value is -1.59. The highest BCUT2D eigenvalue weighted by atomic mass is 16.2. The van der Waals surface area contributed by atoms with Crippen molar-refractivity contribution in [2.75, 3.05) is 26.2 Å². The standard InChI is InChI=1S/C11H17N3O3/c1-8-2-4-13(5-3-8)11(17)14-6-9(15)12-10(16)7-14/h8H,2-7H2,1H3,(H,12,15,16). The number of piperazine rings is 1.